The molecule has 2 aromatic carbocycles. The van der Waals surface area contributed by atoms with Crippen LogP contribution in [0.5, 0.6) is 11.5 Å². The average Bonchev–Trinajstić information content (AvgIpc) is 3.11. The summed E-state index contributed by atoms with van der Waals surface area (Å²) in [5, 5.41) is 7.17. The van der Waals surface area contributed by atoms with Crippen LogP contribution in [0.15, 0.2) is 42.6 Å². The summed E-state index contributed by atoms with van der Waals surface area (Å²) in [6.07, 6.45) is 1.70. The Hall–Kier alpha value is -2.99. The average molecular weight is 383 g/mol. The van der Waals surface area contributed by atoms with Gasteiger partial charge in [-0.2, -0.15) is 4.98 Å². The van der Waals surface area contributed by atoms with E-state index >= 15 is 0 Å². The first-order chi connectivity index (χ1) is 13.1. The Morgan fingerprint density at radius 3 is 2.78 bits per heavy atom. The highest BCUT2D eigenvalue weighted by Gasteiger charge is 2.13. The standard InChI is InChI=1S/C20H19ClN4O2/c1-12-7-13(2)19(15(21)8-12)24-18-5-6-22-20(25-18)23-10-14-3-4-16-17(9-14)27-11-26-16/h3-9H,10-11H2,1-2H3,(H2,22,23,24,25). The molecule has 1 aromatic heterocycles. The maximum atomic E-state index is 6.37. The van der Waals surface area contributed by atoms with Gasteiger partial charge in [0.1, 0.15) is 5.82 Å². The number of halogens is 1. The zero-order valence-corrected chi connectivity index (χ0v) is 15.8. The summed E-state index contributed by atoms with van der Waals surface area (Å²) in [5.41, 5.74) is 4.09. The normalized spacial score (nSPS) is 12.1. The van der Waals surface area contributed by atoms with Gasteiger partial charge in [-0.05, 0) is 54.8 Å². The van der Waals surface area contributed by atoms with Crippen LogP contribution < -0.4 is 20.1 Å². The maximum absolute atomic E-state index is 6.37. The van der Waals surface area contributed by atoms with Crippen molar-refractivity contribution < 1.29 is 9.47 Å². The van der Waals surface area contributed by atoms with Crippen LogP contribution in [0.4, 0.5) is 17.5 Å². The number of hydrogen-bond donors (Lipinski definition) is 2. The summed E-state index contributed by atoms with van der Waals surface area (Å²) in [7, 11) is 0. The smallest absolute Gasteiger partial charge is 0.231 e. The van der Waals surface area contributed by atoms with Crippen molar-refractivity contribution in [2.45, 2.75) is 20.4 Å². The van der Waals surface area contributed by atoms with E-state index in [9.17, 15) is 0 Å². The van der Waals surface area contributed by atoms with Crippen LogP contribution in [0.2, 0.25) is 5.02 Å². The molecule has 138 valence electrons. The number of ether oxygens (including phenoxy) is 2. The predicted molar refractivity (Wildman–Crippen MR) is 106 cm³/mol. The van der Waals surface area contributed by atoms with Crippen molar-refractivity contribution in [3.05, 3.63) is 64.3 Å². The molecule has 7 heteroatoms. The van der Waals surface area contributed by atoms with E-state index in [0.717, 1.165) is 33.9 Å². The summed E-state index contributed by atoms with van der Waals surface area (Å²) in [5.74, 6) is 2.73. The number of rotatable bonds is 5. The summed E-state index contributed by atoms with van der Waals surface area (Å²) in [4.78, 5) is 8.79. The van der Waals surface area contributed by atoms with Crippen molar-refractivity contribution >= 4 is 29.1 Å². The first-order valence-electron chi connectivity index (χ1n) is 8.58. The monoisotopic (exact) mass is 382 g/mol. The van der Waals surface area contributed by atoms with Crippen molar-refractivity contribution in [1.29, 1.82) is 0 Å². The van der Waals surface area contributed by atoms with Crippen LogP contribution in [0.25, 0.3) is 0 Å². The quantitative estimate of drug-likeness (QED) is 0.658. The second-order valence-corrected chi connectivity index (χ2v) is 6.78. The van der Waals surface area contributed by atoms with E-state index in [0.29, 0.717) is 23.3 Å². The third kappa shape index (κ3) is 3.90. The van der Waals surface area contributed by atoms with Crippen LogP contribution >= 0.6 is 11.6 Å². The molecule has 0 atom stereocenters. The van der Waals surface area contributed by atoms with Gasteiger partial charge in [-0.15, -0.1) is 0 Å². The van der Waals surface area contributed by atoms with Gasteiger partial charge in [0, 0.05) is 12.7 Å². The molecule has 27 heavy (non-hydrogen) atoms. The van der Waals surface area contributed by atoms with Gasteiger partial charge >= 0.3 is 0 Å². The van der Waals surface area contributed by atoms with Crippen LogP contribution in [-0.4, -0.2) is 16.8 Å². The van der Waals surface area contributed by atoms with Gasteiger partial charge in [-0.3, -0.25) is 0 Å². The highest BCUT2D eigenvalue weighted by molar-refractivity contribution is 6.33. The lowest BCUT2D eigenvalue weighted by molar-refractivity contribution is 0.174. The predicted octanol–water partition coefficient (Wildman–Crippen LogP) is 4.83. The molecule has 0 aliphatic carbocycles. The van der Waals surface area contributed by atoms with Crippen molar-refractivity contribution in [3.63, 3.8) is 0 Å². The Kier molecular flexibility index (Phi) is 4.73. The number of nitrogens with one attached hydrogen (secondary N) is 2. The molecule has 0 amide bonds. The van der Waals surface area contributed by atoms with Crippen LogP contribution in [-0.2, 0) is 6.54 Å². The molecule has 0 saturated carbocycles. The molecule has 2 N–H and O–H groups in total. The molecular weight excluding hydrogens is 364 g/mol. The molecular formula is C20H19ClN4O2. The molecule has 0 radical (unpaired) electrons. The Bertz CT molecular complexity index is 970. The fourth-order valence-corrected chi connectivity index (χ4v) is 3.32. The van der Waals surface area contributed by atoms with Gasteiger partial charge in [0.05, 0.1) is 10.7 Å². The van der Waals surface area contributed by atoms with Gasteiger partial charge in [0.25, 0.3) is 0 Å². The molecule has 3 aromatic rings. The summed E-state index contributed by atoms with van der Waals surface area (Å²) >= 11 is 6.37. The number of benzene rings is 2. The number of aryl methyl sites for hydroxylation is 2. The fraction of sp³-hybridized carbons (Fsp3) is 0.200. The minimum Gasteiger partial charge on any atom is -0.454 e. The van der Waals surface area contributed by atoms with Crippen LogP contribution in [0, 0.1) is 13.8 Å². The molecule has 0 bridgehead atoms. The molecule has 0 unspecified atom stereocenters. The molecule has 1 aliphatic rings. The largest absolute Gasteiger partial charge is 0.454 e. The molecule has 1 aliphatic heterocycles. The molecule has 2 heterocycles. The number of anilines is 3. The van der Waals surface area contributed by atoms with Gasteiger partial charge in [-0.25, -0.2) is 4.98 Å². The van der Waals surface area contributed by atoms with E-state index in [-0.39, 0.29) is 6.79 Å². The van der Waals surface area contributed by atoms with Gasteiger partial charge < -0.3 is 20.1 Å². The highest BCUT2D eigenvalue weighted by atomic mass is 35.5. The van der Waals surface area contributed by atoms with Gasteiger partial charge in [0.2, 0.25) is 12.7 Å². The minimum atomic E-state index is 0.268. The fourth-order valence-electron chi connectivity index (χ4n) is 2.95. The molecule has 4 rings (SSSR count). The Morgan fingerprint density at radius 1 is 1.07 bits per heavy atom. The van der Waals surface area contributed by atoms with Gasteiger partial charge in [0.15, 0.2) is 11.5 Å². The second-order valence-electron chi connectivity index (χ2n) is 6.37. The van der Waals surface area contributed by atoms with Crippen molar-refractivity contribution in [1.82, 2.24) is 9.97 Å². The van der Waals surface area contributed by atoms with Gasteiger partial charge in [-0.1, -0.05) is 23.7 Å². The minimum absolute atomic E-state index is 0.268. The first kappa shape index (κ1) is 17.4. The van der Waals surface area contributed by atoms with Crippen LogP contribution in [0.3, 0.4) is 0 Å². The van der Waals surface area contributed by atoms with Crippen molar-refractivity contribution in [2.24, 2.45) is 0 Å². The SMILES string of the molecule is Cc1cc(C)c(Nc2ccnc(NCc3ccc4c(c3)OCO4)n2)c(Cl)c1. The van der Waals surface area contributed by atoms with Crippen LogP contribution in [0.1, 0.15) is 16.7 Å². The molecule has 6 nitrogen and oxygen atoms in total. The number of hydrogen-bond acceptors (Lipinski definition) is 6. The summed E-state index contributed by atoms with van der Waals surface area (Å²) in [6.45, 7) is 4.88. The third-order valence-corrected chi connectivity index (χ3v) is 4.53. The van der Waals surface area contributed by atoms with E-state index in [1.54, 1.807) is 12.3 Å². The van der Waals surface area contributed by atoms with E-state index in [4.69, 9.17) is 21.1 Å². The van der Waals surface area contributed by atoms with Crippen molar-refractivity contribution in [2.75, 3.05) is 17.4 Å². The van der Waals surface area contributed by atoms with E-state index in [2.05, 4.69) is 26.7 Å². The highest BCUT2D eigenvalue weighted by Crippen LogP contribution is 2.33. The summed E-state index contributed by atoms with van der Waals surface area (Å²) in [6, 6.07) is 11.7. The van der Waals surface area contributed by atoms with E-state index < -0.39 is 0 Å². The number of nitrogens with zero attached hydrogens (tertiary/aromatic N) is 2. The van der Waals surface area contributed by atoms with E-state index in [1.807, 2.05) is 38.1 Å². The topological polar surface area (TPSA) is 68.3 Å². The Balaban J connectivity index is 1.46. The molecule has 0 spiro atoms. The third-order valence-electron chi connectivity index (χ3n) is 4.23. The lowest BCUT2D eigenvalue weighted by Gasteiger charge is -2.13. The Morgan fingerprint density at radius 2 is 1.93 bits per heavy atom. The number of fused-ring (bicyclic) bond motifs is 1. The second kappa shape index (κ2) is 7.32. The lowest BCUT2D eigenvalue weighted by Crippen LogP contribution is -2.05. The van der Waals surface area contributed by atoms with E-state index in [1.165, 1.54) is 0 Å². The molecule has 0 saturated heterocycles. The Labute approximate surface area is 162 Å². The zero-order chi connectivity index (χ0) is 18.8. The van der Waals surface area contributed by atoms with Crippen molar-refractivity contribution in [3.8, 4) is 11.5 Å². The zero-order valence-electron chi connectivity index (χ0n) is 15.0. The lowest BCUT2D eigenvalue weighted by atomic mass is 10.1. The first-order valence-corrected chi connectivity index (χ1v) is 8.95. The maximum Gasteiger partial charge on any atom is 0.231 e. The number of aromatic nitrogens is 2. The molecule has 0 fully saturated rings. The summed E-state index contributed by atoms with van der Waals surface area (Å²) < 4.78 is 10.7.